The minimum absolute atomic E-state index is 0.215. The number of carbonyl (C=O) groups is 2. The Bertz CT molecular complexity index is 492. The molecular formula is C12H14N2O3S2. The lowest BCUT2D eigenvalue weighted by molar-refractivity contribution is -0.113. The molecule has 0 aliphatic rings. The lowest BCUT2D eigenvalue weighted by Crippen LogP contribution is -2.19. The number of thioether (sulfide) groups is 1. The number of nitrogens with two attached hydrogens (primary N) is 1. The zero-order valence-electron chi connectivity index (χ0n) is 10.3. The molecule has 1 rings (SSSR count). The van der Waals surface area contributed by atoms with Crippen molar-refractivity contribution in [3.05, 3.63) is 29.8 Å². The molecule has 0 heterocycles. The Balaban J connectivity index is 2.64. The van der Waals surface area contributed by atoms with Crippen LogP contribution in [0, 0.1) is 0 Å². The normalized spacial score (nSPS) is 9.74. The number of anilines is 1. The Morgan fingerprint density at radius 1 is 1.37 bits per heavy atom. The fourth-order valence-corrected chi connectivity index (χ4v) is 2.12. The van der Waals surface area contributed by atoms with Gasteiger partial charge in [0.25, 0.3) is 0 Å². The van der Waals surface area contributed by atoms with Gasteiger partial charge in [0.05, 0.1) is 29.1 Å². The first-order valence-corrected chi connectivity index (χ1v) is 6.94. The van der Waals surface area contributed by atoms with Gasteiger partial charge in [-0.2, -0.15) is 0 Å². The van der Waals surface area contributed by atoms with Crippen LogP contribution >= 0.6 is 24.0 Å². The van der Waals surface area contributed by atoms with E-state index in [4.69, 9.17) is 18.0 Å². The number of carbonyl (C=O) groups excluding carboxylic acids is 2. The number of hydrogen-bond donors (Lipinski definition) is 2. The molecule has 1 aromatic rings. The Kier molecular flexibility index (Phi) is 6.31. The molecule has 5 nitrogen and oxygen atoms in total. The van der Waals surface area contributed by atoms with E-state index in [0.717, 1.165) is 0 Å². The Labute approximate surface area is 120 Å². The van der Waals surface area contributed by atoms with Crippen LogP contribution < -0.4 is 11.1 Å². The van der Waals surface area contributed by atoms with Gasteiger partial charge in [-0.1, -0.05) is 24.4 Å². The summed E-state index contributed by atoms with van der Waals surface area (Å²) in [6.45, 7) is 0. The quantitative estimate of drug-likeness (QED) is 0.611. The molecule has 0 radical (unpaired) electrons. The van der Waals surface area contributed by atoms with E-state index in [2.05, 4.69) is 10.1 Å². The van der Waals surface area contributed by atoms with Crippen molar-refractivity contribution < 1.29 is 14.3 Å². The summed E-state index contributed by atoms with van der Waals surface area (Å²) < 4.78 is 4.64. The molecule has 0 aliphatic heterocycles. The number of esters is 1. The van der Waals surface area contributed by atoms with Crippen molar-refractivity contribution in [3.8, 4) is 0 Å². The van der Waals surface area contributed by atoms with Gasteiger partial charge in [0.2, 0.25) is 5.91 Å². The summed E-state index contributed by atoms with van der Waals surface area (Å²) in [5, 5.41) is 2.65. The third-order valence-electron chi connectivity index (χ3n) is 2.08. The molecule has 102 valence electrons. The van der Waals surface area contributed by atoms with E-state index in [1.165, 1.54) is 18.9 Å². The van der Waals surface area contributed by atoms with E-state index >= 15 is 0 Å². The van der Waals surface area contributed by atoms with Crippen LogP contribution in [0.3, 0.4) is 0 Å². The van der Waals surface area contributed by atoms with Crippen molar-refractivity contribution in [1.29, 1.82) is 0 Å². The van der Waals surface area contributed by atoms with Crippen molar-refractivity contribution in [2.75, 3.05) is 23.9 Å². The molecule has 1 aromatic carbocycles. The van der Waals surface area contributed by atoms with Crippen LogP contribution in [0.15, 0.2) is 24.3 Å². The van der Waals surface area contributed by atoms with Crippen molar-refractivity contribution in [2.24, 2.45) is 5.73 Å². The van der Waals surface area contributed by atoms with Gasteiger partial charge < -0.3 is 15.8 Å². The van der Waals surface area contributed by atoms with Gasteiger partial charge >= 0.3 is 5.97 Å². The Morgan fingerprint density at radius 3 is 2.68 bits per heavy atom. The Morgan fingerprint density at radius 2 is 2.05 bits per heavy atom. The van der Waals surface area contributed by atoms with Crippen molar-refractivity contribution in [3.63, 3.8) is 0 Å². The lowest BCUT2D eigenvalue weighted by atomic mass is 10.2. The lowest BCUT2D eigenvalue weighted by Gasteiger charge is -2.09. The smallest absolute Gasteiger partial charge is 0.339 e. The Hall–Kier alpha value is -1.60. The first kappa shape index (κ1) is 15.5. The molecule has 0 bridgehead atoms. The van der Waals surface area contributed by atoms with E-state index < -0.39 is 5.97 Å². The maximum absolute atomic E-state index is 11.7. The van der Waals surface area contributed by atoms with Crippen LogP contribution in [0.2, 0.25) is 0 Å². The highest BCUT2D eigenvalue weighted by molar-refractivity contribution is 8.01. The molecule has 1 amide bonds. The number of methoxy groups -OCH3 is 1. The molecule has 0 atom stereocenters. The van der Waals surface area contributed by atoms with Crippen molar-refractivity contribution in [1.82, 2.24) is 0 Å². The predicted molar refractivity (Wildman–Crippen MR) is 80.5 cm³/mol. The third kappa shape index (κ3) is 5.27. The summed E-state index contributed by atoms with van der Waals surface area (Å²) in [4.78, 5) is 23.6. The average Bonchev–Trinajstić information content (AvgIpc) is 2.38. The highest BCUT2D eigenvalue weighted by Gasteiger charge is 2.13. The number of ether oxygens (including phenoxy) is 1. The summed E-state index contributed by atoms with van der Waals surface area (Å²) in [7, 11) is 1.29. The SMILES string of the molecule is COC(=O)c1ccccc1NC(=O)CSCC(N)=S. The standard InChI is InChI=1S/C12H14N2O3S2/c1-17-12(16)8-4-2-3-5-9(8)14-11(15)7-19-6-10(13)18/h2-5H,6-7H2,1H3,(H2,13,18)(H,14,15). The first-order valence-electron chi connectivity index (χ1n) is 5.38. The summed E-state index contributed by atoms with van der Waals surface area (Å²) in [6, 6.07) is 6.65. The third-order valence-corrected chi connectivity index (χ3v) is 3.39. The number of benzene rings is 1. The van der Waals surface area contributed by atoms with Crippen LogP contribution in [0.25, 0.3) is 0 Å². The highest BCUT2D eigenvalue weighted by atomic mass is 32.2. The summed E-state index contributed by atoms with van der Waals surface area (Å²) in [5.41, 5.74) is 6.07. The van der Waals surface area contributed by atoms with Gasteiger partial charge in [0.15, 0.2) is 0 Å². The minimum atomic E-state index is -0.494. The number of hydrogen-bond acceptors (Lipinski definition) is 5. The van der Waals surface area contributed by atoms with Crippen LogP contribution in [0.5, 0.6) is 0 Å². The van der Waals surface area contributed by atoms with Crippen LogP contribution in [0.4, 0.5) is 5.69 Å². The second-order valence-corrected chi connectivity index (χ2v) is 5.05. The molecule has 0 aromatic heterocycles. The molecule has 3 N–H and O–H groups in total. The van der Waals surface area contributed by atoms with E-state index in [1.54, 1.807) is 24.3 Å². The zero-order valence-corrected chi connectivity index (χ0v) is 12.0. The monoisotopic (exact) mass is 298 g/mol. The zero-order chi connectivity index (χ0) is 14.3. The number of para-hydroxylation sites is 1. The summed E-state index contributed by atoms with van der Waals surface area (Å²) in [5.74, 6) is -0.0573. The predicted octanol–water partition coefficient (Wildman–Crippen LogP) is 1.43. The first-order chi connectivity index (χ1) is 9.04. The van der Waals surface area contributed by atoms with Crippen LogP contribution in [0.1, 0.15) is 10.4 Å². The van der Waals surface area contributed by atoms with Crippen LogP contribution in [-0.2, 0) is 9.53 Å². The average molecular weight is 298 g/mol. The summed E-state index contributed by atoms with van der Waals surface area (Å²) in [6.07, 6.45) is 0. The van der Waals surface area contributed by atoms with Crippen molar-refractivity contribution in [2.45, 2.75) is 0 Å². The van der Waals surface area contributed by atoms with Gasteiger partial charge in [-0.05, 0) is 12.1 Å². The van der Waals surface area contributed by atoms with E-state index in [-0.39, 0.29) is 11.7 Å². The maximum atomic E-state index is 11.7. The van der Waals surface area contributed by atoms with Gasteiger partial charge in [-0.15, -0.1) is 11.8 Å². The second-order valence-electron chi connectivity index (χ2n) is 3.54. The van der Waals surface area contributed by atoms with E-state index in [1.807, 2.05) is 0 Å². The van der Waals surface area contributed by atoms with Gasteiger partial charge in [-0.3, -0.25) is 4.79 Å². The largest absolute Gasteiger partial charge is 0.465 e. The molecule has 0 spiro atoms. The maximum Gasteiger partial charge on any atom is 0.339 e. The fraction of sp³-hybridized carbons (Fsp3) is 0.250. The van der Waals surface area contributed by atoms with E-state index in [0.29, 0.717) is 22.0 Å². The molecular weight excluding hydrogens is 284 g/mol. The van der Waals surface area contributed by atoms with E-state index in [9.17, 15) is 9.59 Å². The number of thiocarbonyl (C=S) groups is 1. The second kappa shape index (κ2) is 7.75. The molecule has 0 fully saturated rings. The van der Waals surface area contributed by atoms with Crippen molar-refractivity contribution >= 4 is 46.5 Å². The number of rotatable bonds is 6. The van der Waals surface area contributed by atoms with Crippen LogP contribution in [-0.4, -0.2) is 35.5 Å². The summed E-state index contributed by atoms with van der Waals surface area (Å²) >= 11 is 6.03. The minimum Gasteiger partial charge on any atom is -0.465 e. The number of amides is 1. The van der Waals surface area contributed by atoms with Gasteiger partial charge in [-0.25, -0.2) is 4.79 Å². The van der Waals surface area contributed by atoms with Gasteiger partial charge in [0, 0.05) is 5.75 Å². The molecule has 7 heteroatoms. The number of nitrogens with one attached hydrogen (secondary N) is 1. The fourth-order valence-electron chi connectivity index (χ4n) is 1.31. The highest BCUT2D eigenvalue weighted by Crippen LogP contribution is 2.16. The molecule has 19 heavy (non-hydrogen) atoms. The van der Waals surface area contributed by atoms with Gasteiger partial charge in [0.1, 0.15) is 0 Å². The molecule has 0 saturated heterocycles. The topological polar surface area (TPSA) is 81.4 Å². The molecule has 0 aliphatic carbocycles. The molecule has 0 unspecified atom stereocenters. The molecule has 0 saturated carbocycles.